The van der Waals surface area contributed by atoms with Crippen molar-refractivity contribution in [3.63, 3.8) is 0 Å². The lowest BCUT2D eigenvalue weighted by Gasteiger charge is -2.36. The number of hydrogen-bond acceptors (Lipinski definition) is 4. The molecule has 0 saturated carbocycles. The summed E-state index contributed by atoms with van der Waals surface area (Å²) in [5.41, 5.74) is 6.50. The zero-order chi connectivity index (χ0) is 11.0. The van der Waals surface area contributed by atoms with E-state index in [0.29, 0.717) is 11.4 Å². The third-order valence-electron chi connectivity index (χ3n) is 2.58. The number of aromatic nitrogens is 2. The number of nitrogens with zero attached hydrogens (tertiary/aromatic N) is 3. The normalized spacial score (nSPS) is 17.5. The predicted molar refractivity (Wildman–Crippen MR) is 56.4 cm³/mol. The van der Waals surface area contributed by atoms with Crippen LogP contribution in [0.2, 0.25) is 0 Å². The second-order valence-corrected chi connectivity index (χ2v) is 3.96. The van der Waals surface area contributed by atoms with E-state index in [2.05, 4.69) is 15.3 Å². The molecule has 1 aromatic heterocycles. The number of anilines is 1. The molecule has 1 fully saturated rings. The third-order valence-corrected chi connectivity index (χ3v) is 2.58. The summed E-state index contributed by atoms with van der Waals surface area (Å²) in [7, 11) is 3.72. The summed E-state index contributed by atoms with van der Waals surface area (Å²) in [6.07, 6.45) is 1.49. The maximum atomic E-state index is 11.8. The molecule has 1 saturated heterocycles. The highest BCUT2D eigenvalue weighted by Gasteiger charge is 2.26. The summed E-state index contributed by atoms with van der Waals surface area (Å²) < 4.78 is 1.49. The van der Waals surface area contributed by atoms with Crippen LogP contribution in [0.5, 0.6) is 0 Å². The number of likely N-dealkylation sites (N-methyl/N-ethyl adjacent to an activating group) is 1. The third kappa shape index (κ3) is 1.80. The monoisotopic (exact) mass is 209 g/mol. The van der Waals surface area contributed by atoms with Crippen LogP contribution in [0, 0.1) is 0 Å². The Hall–Kier alpha value is -1.56. The molecule has 82 valence electrons. The van der Waals surface area contributed by atoms with Crippen LogP contribution >= 0.6 is 0 Å². The van der Waals surface area contributed by atoms with Crippen molar-refractivity contribution in [2.45, 2.75) is 6.04 Å². The molecule has 2 heterocycles. The van der Waals surface area contributed by atoms with E-state index in [-0.39, 0.29) is 11.9 Å². The highest BCUT2D eigenvalue weighted by atomic mass is 16.2. The van der Waals surface area contributed by atoms with Crippen molar-refractivity contribution >= 4 is 11.6 Å². The summed E-state index contributed by atoms with van der Waals surface area (Å²) in [4.78, 5) is 13.9. The van der Waals surface area contributed by atoms with E-state index in [0.717, 1.165) is 13.1 Å². The molecule has 0 unspecified atom stereocenters. The van der Waals surface area contributed by atoms with Crippen LogP contribution in [0.4, 0.5) is 5.69 Å². The molecule has 0 aromatic carbocycles. The SMILES string of the molecule is CN1CC(NC(=O)c2c(N)cnn2C)C1. The molecule has 0 atom stereocenters. The Morgan fingerprint density at radius 1 is 1.60 bits per heavy atom. The Morgan fingerprint density at radius 3 is 2.73 bits per heavy atom. The van der Waals surface area contributed by atoms with Crippen LogP contribution in [0.1, 0.15) is 10.5 Å². The van der Waals surface area contributed by atoms with Crippen molar-refractivity contribution in [1.29, 1.82) is 0 Å². The first kappa shape index (κ1) is 9.97. The van der Waals surface area contributed by atoms with Crippen molar-refractivity contribution in [3.05, 3.63) is 11.9 Å². The van der Waals surface area contributed by atoms with Gasteiger partial charge in [-0.05, 0) is 7.05 Å². The molecule has 6 nitrogen and oxygen atoms in total. The molecule has 0 aliphatic carbocycles. The van der Waals surface area contributed by atoms with Gasteiger partial charge in [-0.2, -0.15) is 5.10 Å². The molecule has 15 heavy (non-hydrogen) atoms. The van der Waals surface area contributed by atoms with Crippen LogP contribution in [-0.2, 0) is 7.05 Å². The van der Waals surface area contributed by atoms with Crippen molar-refractivity contribution in [1.82, 2.24) is 20.0 Å². The van der Waals surface area contributed by atoms with Crippen LogP contribution < -0.4 is 11.1 Å². The van der Waals surface area contributed by atoms with Crippen LogP contribution in [0.25, 0.3) is 0 Å². The first-order valence-corrected chi connectivity index (χ1v) is 4.85. The summed E-state index contributed by atoms with van der Waals surface area (Å²) >= 11 is 0. The van der Waals surface area contributed by atoms with E-state index in [1.807, 2.05) is 7.05 Å². The predicted octanol–water partition coefficient (Wildman–Crippen LogP) is -0.954. The lowest BCUT2D eigenvalue weighted by molar-refractivity contribution is 0.0849. The number of rotatable bonds is 2. The summed E-state index contributed by atoms with van der Waals surface area (Å²) in [6.45, 7) is 1.78. The molecular weight excluding hydrogens is 194 g/mol. The Morgan fingerprint density at radius 2 is 2.27 bits per heavy atom. The van der Waals surface area contributed by atoms with E-state index in [1.54, 1.807) is 7.05 Å². The maximum Gasteiger partial charge on any atom is 0.271 e. The van der Waals surface area contributed by atoms with E-state index in [9.17, 15) is 4.79 Å². The Kier molecular flexibility index (Phi) is 2.36. The van der Waals surface area contributed by atoms with Gasteiger partial charge in [-0.25, -0.2) is 0 Å². The molecule has 1 aliphatic heterocycles. The van der Waals surface area contributed by atoms with E-state index < -0.39 is 0 Å². The van der Waals surface area contributed by atoms with E-state index in [1.165, 1.54) is 10.9 Å². The molecule has 2 rings (SSSR count). The standard InChI is InChI=1S/C9H15N5O/c1-13-4-6(5-13)12-9(15)8-7(10)3-11-14(8)2/h3,6H,4-5,10H2,1-2H3,(H,12,15). The Balaban J connectivity index is 2.02. The van der Waals surface area contributed by atoms with Crippen LogP contribution in [0.3, 0.4) is 0 Å². The van der Waals surface area contributed by atoms with Gasteiger partial charge in [0.1, 0.15) is 5.69 Å². The first-order valence-electron chi connectivity index (χ1n) is 4.85. The smallest absolute Gasteiger partial charge is 0.271 e. The Labute approximate surface area is 88.0 Å². The van der Waals surface area contributed by atoms with Gasteiger partial charge in [0.05, 0.1) is 17.9 Å². The lowest BCUT2D eigenvalue weighted by atomic mass is 10.1. The summed E-state index contributed by atoms with van der Waals surface area (Å²) in [5, 5.41) is 6.83. The number of nitrogens with two attached hydrogens (primary N) is 1. The van der Waals surface area contributed by atoms with Crippen LogP contribution in [0.15, 0.2) is 6.20 Å². The average Bonchev–Trinajstić information content (AvgIpc) is 2.43. The van der Waals surface area contributed by atoms with Gasteiger partial charge >= 0.3 is 0 Å². The minimum atomic E-state index is -0.148. The van der Waals surface area contributed by atoms with Crippen molar-refractivity contribution in [2.75, 3.05) is 25.9 Å². The van der Waals surface area contributed by atoms with Gasteiger partial charge in [0.25, 0.3) is 5.91 Å². The zero-order valence-corrected chi connectivity index (χ0v) is 8.90. The van der Waals surface area contributed by atoms with E-state index >= 15 is 0 Å². The molecule has 1 amide bonds. The van der Waals surface area contributed by atoms with Gasteiger partial charge in [-0.1, -0.05) is 0 Å². The minimum absolute atomic E-state index is 0.148. The van der Waals surface area contributed by atoms with Gasteiger partial charge < -0.3 is 16.0 Å². The molecule has 1 aromatic rings. The maximum absolute atomic E-state index is 11.8. The summed E-state index contributed by atoms with van der Waals surface area (Å²) in [5.74, 6) is -0.148. The van der Waals surface area contributed by atoms with Crippen LogP contribution in [-0.4, -0.2) is 46.8 Å². The molecular formula is C9H15N5O. The first-order chi connectivity index (χ1) is 7.08. The number of aryl methyl sites for hydroxylation is 1. The molecule has 0 spiro atoms. The van der Waals surface area contributed by atoms with Gasteiger partial charge in [-0.3, -0.25) is 9.48 Å². The fourth-order valence-electron chi connectivity index (χ4n) is 1.78. The second kappa shape index (κ2) is 3.54. The average molecular weight is 209 g/mol. The molecule has 1 aliphatic rings. The number of likely N-dealkylation sites (tertiary alicyclic amines) is 1. The summed E-state index contributed by atoms with van der Waals surface area (Å²) in [6, 6.07) is 0.233. The molecule has 0 bridgehead atoms. The van der Waals surface area contributed by atoms with Gasteiger partial charge in [-0.15, -0.1) is 0 Å². The number of nitrogen functional groups attached to an aromatic ring is 1. The van der Waals surface area contributed by atoms with Gasteiger partial charge in [0, 0.05) is 20.1 Å². The second-order valence-electron chi connectivity index (χ2n) is 3.96. The number of carbonyl (C=O) groups excluding carboxylic acids is 1. The van der Waals surface area contributed by atoms with Gasteiger partial charge in [0.2, 0.25) is 0 Å². The fourth-order valence-corrected chi connectivity index (χ4v) is 1.78. The van der Waals surface area contributed by atoms with Crippen molar-refractivity contribution in [2.24, 2.45) is 7.05 Å². The Bertz CT molecular complexity index is 360. The topological polar surface area (TPSA) is 76.2 Å². The fraction of sp³-hybridized carbons (Fsp3) is 0.556. The zero-order valence-electron chi connectivity index (χ0n) is 8.90. The van der Waals surface area contributed by atoms with E-state index in [4.69, 9.17) is 5.73 Å². The quantitative estimate of drug-likeness (QED) is 0.658. The van der Waals surface area contributed by atoms with Crippen molar-refractivity contribution < 1.29 is 4.79 Å². The molecule has 6 heteroatoms. The highest BCUT2D eigenvalue weighted by molar-refractivity contribution is 5.97. The largest absolute Gasteiger partial charge is 0.396 e. The minimum Gasteiger partial charge on any atom is -0.396 e. The number of nitrogens with one attached hydrogen (secondary N) is 1. The number of carbonyl (C=O) groups is 1. The molecule has 0 radical (unpaired) electrons. The number of hydrogen-bond donors (Lipinski definition) is 2. The lowest BCUT2D eigenvalue weighted by Crippen LogP contribution is -2.57. The number of amides is 1. The molecule has 3 N–H and O–H groups in total. The van der Waals surface area contributed by atoms with Gasteiger partial charge in [0.15, 0.2) is 0 Å². The van der Waals surface area contributed by atoms with Crippen molar-refractivity contribution in [3.8, 4) is 0 Å². The highest BCUT2D eigenvalue weighted by Crippen LogP contribution is 2.11.